The van der Waals surface area contributed by atoms with Crippen LogP contribution in [-0.2, 0) is 14.9 Å². The van der Waals surface area contributed by atoms with E-state index in [1.165, 1.54) is 22.3 Å². The Bertz CT molecular complexity index is 2910. The third-order valence-electron chi connectivity index (χ3n) is 12.1. The number of esters is 2. The summed E-state index contributed by atoms with van der Waals surface area (Å²) in [5.74, 6) is -0.917. The standard InChI is InChI=1S/C59H53NO4/c1-7-11-20-40(8-2)41-29-32-45(33-30-41)60(46-35-36-50-49-27-17-18-28-55(49)59(5,6)56(50)37-46)44-24-19-23-43(31-34-44)47-25-15-16-26-48(47)52-39-53(57(61)63-9-3)51(42-21-13-12-14-22-42)38-54(52)58(62)64-10-4/h7-8,11-22,24-39H,1,9-10,23H2,2-6H3/b20-11-,40-8+. The van der Waals surface area contributed by atoms with Crippen LogP contribution in [0.1, 0.15) is 84.0 Å². The number of ether oxygens (including phenoxy) is 2. The average molecular weight is 840 g/mol. The van der Waals surface area contributed by atoms with E-state index in [0.717, 1.165) is 50.5 Å². The lowest BCUT2D eigenvalue weighted by atomic mass is 9.82. The van der Waals surface area contributed by atoms with Gasteiger partial charge in [-0.2, -0.15) is 0 Å². The van der Waals surface area contributed by atoms with Gasteiger partial charge in [0.25, 0.3) is 0 Å². The van der Waals surface area contributed by atoms with Crippen LogP contribution in [0.5, 0.6) is 0 Å². The number of anilines is 2. The van der Waals surface area contributed by atoms with Gasteiger partial charge in [0, 0.05) is 22.5 Å². The van der Waals surface area contributed by atoms with Crippen molar-refractivity contribution < 1.29 is 19.1 Å². The fourth-order valence-electron chi connectivity index (χ4n) is 9.01. The van der Waals surface area contributed by atoms with Gasteiger partial charge in [0.15, 0.2) is 0 Å². The molecule has 0 aromatic heterocycles. The monoisotopic (exact) mass is 839 g/mol. The van der Waals surface area contributed by atoms with Crippen LogP contribution >= 0.6 is 0 Å². The van der Waals surface area contributed by atoms with E-state index < -0.39 is 11.9 Å². The summed E-state index contributed by atoms with van der Waals surface area (Å²) in [4.78, 5) is 29.9. The third kappa shape index (κ3) is 8.37. The second-order valence-electron chi connectivity index (χ2n) is 16.3. The lowest BCUT2D eigenvalue weighted by Gasteiger charge is -2.29. The molecule has 0 atom stereocenters. The maximum atomic E-state index is 13.9. The molecule has 6 aromatic carbocycles. The van der Waals surface area contributed by atoms with Crippen LogP contribution in [0.4, 0.5) is 11.4 Å². The zero-order valence-electron chi connectivity index (χ0n) is 37.2. The Morgan fingerprint density at radius 3 is 1.95 bits per heavy atom. The number of nitrogens with zero attached hydrogens (tertiary/aromatic N) is 1. The molecule has 0 bridgehead atoms. The minimum Gasteiger partial charge on any atom is -0.462 e. The van der Waals surface area contributed by atoms with E-state index >= 15 is 0 Å². The molecule has 2 aliphatic rings. The molecule has 0 spiro atoms. The van der Waals surface area contributed by atoms with Crippen molar-refractivity contribution in [1.82, 2.24) is 0 Å². The van der Waals surface area contributed by atoms with Gasteiger partial charge in [-0.05, 0) is 143 Å². The number of allylic oxidation sites excluding steroid dienone is 10. The molecule has 0 amide bonds. The first kappa shape index (κ1) is 43.2. The predicted molar refractivity (Wildman–Crippen MR) is 265 cm³/mol. The van der Waals surface area contributed by atoms with Crippen molar-refractivity contribution in [2.45, 2.75) is 46.5 Å². The van der Waals surface area contributed by atoms with E-state index in [0.29, 0.717) is 28.7 Å². The van der Waals surface area contributed by atoms with Crippen LogP contribution in [0, 0.1) is 0 Å². The maximum absolute atomic E-state index is 13.9. The van der Waals surface area contributed by atoms with Crippen molar-refractivity contribution in [2.24, 2.45) is 0 Å². The first-order valence-electron chi connectivity index (χ1n) is 22.0. The highest BCUT2D eigenvalue weighted by Gasteiger charge is 2.36. The van der Waals surface area contributed by atoms with Crippen LogP contribution in [0.3, 0.4) is 0 Å². The summed E-state index contributed by atoms with van der Waals surface area (Å²) in [6, 6.07) is 45.5. The first-order valence-corrected chi connectivity index (χ1v) is 22.0. The molecule has 5 nitrogen and oxygen atoms in total. The zero-order chi connectivity index (χ0) is 44.8. The topological polar surface area (TPSA) is 55.8 Å². The molecule has 5 heteroatoms. The summed E-state index contributed by atoms with van der Waals surface area (Å²) in [6.07, 6.45) is 17.3. The number of carbonyl (C=O) groups is 2. The molecule has 2 aliphatic carbocycles. The Kier molecular flexibility index (Phi) is 12.7. The number of hydrogen-bond acceptors (Lipinski definition) is 5. The van der Waals surface area contributed by atoms with Gasteiger partial charge in [0.2, 0.25) is 0 Å². The highest BCUT2D eigenvalue weighted by atomic mass is 16.5. The van der Waals surface area contributed by atoms with Crippen molar-refractivity contribution >= 4 is 34.5 Å². The molecule has 64 heavy (non-hydrogen) atoms. The molecular weight excluding hydrogens is 787 g/mol. The lowest BCUT2D eigenvalue weighted by molar-refractivity contribution is 0.0513. The van der Waals surface area contributed by atoms with Crippen molar-refractivity contribution in [2.75, 3.05) is 18.1 Å². The molecule has 0 N–H and O–H groups in total. The van der Waals surface area contributed by atoms with Crippen LogP contribution in [-0.4, -0.2) is 25.2 Å². The summed E-state index contributed by atoms with van der Waals surface area (Å²) >= 11 is 0. The van der Waals surface area contributed by atoms with Gasteiger partial charge in [-0.3, -0.25) is 0 Å². The fraction of sp³-hybridized carbons (Fsp3) is 0.153. The van der Waals surface area contributed by atoms with Gasteiger partial charge in [0.1, 0.15) is 0 Å². The second-order valence-corrected chi connectivity index (χ2v) is 16.3. The second kappa shape index (κ2) is 18.9. The quantitative estimate of drug-likeness (QED) is 0.0856. The lowest BCUT2D eigenvalue weighted by Crippen LogP contribution is -2.18. The van der Waals surface area contributed by atoms with Gasteiger partial charge >= 0.3 is 11.9 Å². The summed E-state index contributed by atoms with van der Waals surface area (Å²) in [5.41, 5.74) is 15.9. The van der Waals surface area contributed by atoms with Gasteiger partial charge in [-0.1, -0.05) is 154 Å². The maximum Gasteiger partial charge on any atom is 0.338 e. The molecule has 0 saturated heterocycles. The van der Waals surface area contributed by atoms with Crippen LogP contribution < -0.4 is 4.90 Å². The Labute approximate surface area is 377 Å². The van der Waals surface area contributed by atoms with E-state index in [1.807, 2.05) is 61.5 Å². The van der Waals surface area contributed by atoms with Crippen molar-refractivity contribution in [1.29, 1.82) is 0 Å². The fourth-order valence-corrected chi connectivity index (χ4v) is 9.01. The minimum absolute atomic E-state index is 0.172. The van der Waals surface area contributed by atoms with E-state index in [9.17, 15) is 9.59 Å². The summed E-state index contributed by atoms with van der Waals surface area (Å²) in [5, 5.41) is 0. The largest absolute Gasteiger partial charge is 0.462 e. The predicted octanol–water partition coefficient (Wildman–Crippen LogP) is 14.9. The van der Waals surface area contributed by atoms with E-state index in [4.69, 9.17) is 9.47 Å². The molecule has 318 valence electrons. The Balaban J connectivity index is 1.26. The average Bonchev–Trinajstić information content (AvgIpc) is 3.43. The number of fused-ring (bicyclic) bond motifs is 3. The minimum atomic E-state index is -0.461. The summed E-state index contributed by atoms with van der Waals surface area (Å²) in [7, 11) is 0. The van der Waals surface area contributed by atoms with Gasteiger partial charge in [-0.15, -0.1) is 0 Å². The number of benzene rings is 6. The molecule has 8 rings (SSSR count). The number of hydrogen-bond donors (Lipinski definition) is 0. The highest BCUT2D eigenvalue weighted by Crippen LogP contribution is 2.50. The molecule has 0 fully saturated rings. The van der Waals surface area contributed by atoms with Crippen LogP contribution in [0.15, 0.2) is 194 Å². The molecular formula is C59H53NO4. The third-order valence-corrected chi connectivity index (χ3v) is 12.1. The Hall–Kier alpha value is -7.50. The summed E-state index contributed by atoms with van der Waals surface area (Å²) in [6.45, 7) is 14.5. The van der Waals surface area contributed by atoms with Gasteiger partial charge in [-0.25, -0.2) is 9.59 Å². The Morgan fingerprint density at radius 1 is 0.656 bits per heavy atom. The molecule has 0 saturated carbocycles. The highest BCUT2D eigenvalue weighted by molar-refractivity contribution is 6.06. The molecule has 0 aliphatic heterocycles. The van der Waals surface area contributed by atoms with Gasteiger partial charge in [0.05, 0.1) is 24.3 Å². The van der Waals surface area contributed by atoms with Crippen LogP contribution in [0.25, 0.3) is 44.5 Å². The smallest absolute Gasteiger partial charge is 0.338 e. The number of carbonyl (C=O) groups excluding carboxylic acids is 2. The van der Waals surface area contributed by atoms with Crippen molar-refractivity contribution in [3.05, 3.63) is 228 Å². The van der Waals surface area contributed by atoms with E-state index in [-0.39, 0.29) is 18.6 Å². The van der Waals surface area contributed by atoms with Crippen LogP contribution in [0.2, 0.25) is 0 Å². The number of rotatable bonds is 13. The van der Waals surface area contributed by atoms with E-state index in [1.54, 1.807) is 32.1 Å². The van der Waals surface area contributed by atoms with Crippen molar-refractivity contribution in [3.8, 4) is 33.4 Å². The molecule has 0 unspecified atom stereocenters. The first-order chi connectivity index (χ1) is 31.2. The molecule has 6 aromatic rings. The van der Waals surface area contributed by atoms with Crippen molar-refractivity contribution in [3.63, 3.8) is 0 Å². The zero-order valence-corrected chi connectivity index (χ0v) is 37.2. The molecule has 0 radical (unpaired) electrons. The summed E-state index contributed by atoms with van der Waals surface area (Å²) < 4.78 is 11.2. The van der Waals surface area contributed by atoms with Gasteiger partial charge < -0.3 is 14.4 Å². The Morgan fingerprint density at radius 2 is 1.27 bits per heavy atom. The SMILES string of the molecule is C=C/C=C\C(=C/C)c1ccc(N(C2=CC=C(c3ccccc3-c3cc(C(=O)OCC)c(-c4ccccc4)cc3C(=O)OCC)CC=C2)c2ccc3c(c2)C(C)(C)c2ccccc2-3)cc1. The normalized spacial score (nSPS) is 13.9. The van der Waals surface area contributed by atoms with E-state index in [2.05, 4.69) is 135 Å². The molecule has 0 heterocycles.